The number of carboxylic acids is 1. The van der Waals surface area contributed by atoms with Gasteiger partial charge >= 0.3 is 5.97 Å². The summed E-state index contributed by atoms with van der Waals surface area (Å²) in [5.41, 5.74) is 1.14. The smallest absolute Gasteiger partial charge is 0.335 e. The third-order valence-corrected chi connectivity index (χ3v) is 8.61. The molecule has 36 heavy (non-hydrogen) atoms. The zero-order chi connectivity index (χ0) is 26.3. The van der Waals surface area contributed by atoms with Crippen molar-refractivity contribution in [3.8, 4) is 0 Å². The summed E-state index contributed by atoms with van der Waals surface area (Å²) in [6, 6.07) is 7.04. The van der Waals surface area contributed by atoms with E-state index < -0.39 is 11.6 Å². The molecule has 1 saturated carbocycles. The molecule has 1 atom stereocenters. The molecular formula is C30H45N3O3. The first-order valence-electron chi connectivity index (χ1n) is 13.8. The largest absolute Gasteiger partial charge is 0.478 e. The number of benzene rings is 1. The zero-order valence-electron chi connectivity index (χ0n) is 23.1. The van der Waals surface area contributed by atoms with Crippen molar-refractivity contribution in [1.82, 2.24) is 9.80 Å². The normalized spacial score (nSPS) is 26.0. The summed E-state index contributed by atoms with van der Waals surface area (Å²) >= 11 is 0. The van der Waals surface area contributed by atoms with Crippen LogP contribution in [0.2, 0.25) is 0 Å². The highest BCUT2D eigenvalue weighted by molar-refractivity contribution is 6.39. The van der Waals surface area contributed by atoms with Crippen molar-refractivity contribution in [3.63, 3.8) is 0 Å². The predicted molar refractivity (Wildman–Crippen MR) is 144 cm³/mol. The first-order valence-corrected chi connectivity index (χ1v) is 13.8. The Labute approximate surface area is 217 Å². The molecule has 6 nitrogen and oxygen atoms in total. The summed E-state index contributed by atoms with van der Waals surface area (Å²) < 4.78 is 0. The van der Waals surface area contributed by atoms with Crippen molar-refractivity contribution in [2.75, 3.05) is 13.1 Å². The molecule has 0 radical (unpaired) electrons. The maximum Gasteiger partial charge on any atom is 0.335 e. The lowest BCUT2D eigenvalue weighted by Crippen LogP contribution is -2.52. The van der Waals surface area contributed by atoms with Gasteiger partial charge in [-0.2, -0.15) is 0 Å². The Morgan fingerprint density at radius 1 is 1.06 bits per heavy atom. The number of rotatable bonds is 5. The van der Waals surface area contributed by atoms with Crippen molar-refractivity contribution in [2.45, 2.75) is 105 Å². The van der Waals surface area contributed by atoms with Gasteiger partial charge in [0.15, 0.2) is 5.84 Å². The summed E-state index contributed by atoms with van der Waals surface area (Å²) in [5, 5.41) is 9.43. The molecule has 4 rings (SSSR count). The molecule has 1 aromatic carbocycles. The molecule has 0 unspecified atom stereocenters. The van der Waals surface area contributed by atoms with Crippen LogP contribution in [0.5, 0.6) is 0 Å². The number of aromatic carboxylic acids is 1. The molecule has 198 valence electrons. The number of nitrogens with zero attached hydrogens (tertiary/aromatic N) is 3. The van der Waals surface area contributed by atoms with Gasteiger partial charge in [-0.05, 0) is 85.8 Å². The molecule has 2 fully saturated rings. The predicted octanol–water partition coefficient (Wildman–Crippen LogP) is 6.52. The van der Waals surface area contributed by atoms with Gasteiger partial charge in [0.1, 0.15) is 5.66 Å². The van der Waals surface area contributed by atoms with Crippen LogP contribution in [-0.2, 0) is 4.79 Å². The summed E-state index contributed by atoms with van der Waals surface area (Å²) in [4.78, 5) is 35.4. The Kier molecular flexibility index (Phi) is 7.29. The average molecular weight is 496 g/mol. The van der Waals surface area contributed by atoms with Gasteiger partial charge in [-0.15, -0.1) is 0 Å². The maximum atomic E-state index is 14.2. The lowest BCUT2D eigenvalue weighted by molar-refractivity contribution is -0.134. The molecule has 2 heterocycles. The van der Waals surface area contributed by atoms with E-state index in [1.165, 1.54) is 0 Å². The topological polar surface area (TPSA) is 73.2 Å². The fraction of sp³-hybridized carbons (Fsp3) is 0.700. The van der Waals surface area contributed by atoms with Crippen LogP contribution in [0.1, 0.15) is 115 Å². The van der Waals surface area contributed by atoms with Gasteiger partial charge < -0.3 is 14.9 Å². The number of amidine groups is 1. The summed E-state index contributed by atoms with van der Waals surface area (Å²) in [7, 11) is 0. The van der Waals surface area contributed by atoms with Crippen molar-refractivity contribution >= 4 is 17.7 Å². The Morgan fingerprint density at radius 3 is 2.14 bits per heavy atom. The maximum absolute atomic E-state index is 14.2. The van der Waals surface area contributed by atoms with Crippen LogP contribution in [-0.4, -0.2) is 51.4 Å². The average Bonchev–Trinajstić information content (AvgIpc) is 3.41. The van der Waals surface area contributed by atoms with E-state index >= 15 is 0 Å². The molecule has 1 aliphatic carbocycles. The van der Waals surface area contributed by atoms with Gasteiger partial charge in [0.05, 0.1) is 11.6 Å². The standard InChI is InChI=1S/C30H45N3O3/c1-28(2,3)16-15-24(21-9-11-22(12-10-21)27(35)36)33-26(34)25(32-19-7-8-20-32)31-30(33)17-13-23(14-18-30)29(4,5)6/h9-12,23-24H,7-8,13-20H2,1-6H3,(H,35,36)/t23?,24-,30?/m1/s1. The Morgan fingerprint density at radius 2 is 1.64 bits per heavy atom. The number of aliphatic imine (C=N–C) groups is 1. The molecule has 2 aliphatic heterocycles. The molecule has 1 spiro atoms. The molecule has 0 aromatic heterocycles. The molecule has 1 saturated heterocycles. The third kappa shape index (κ3) is 5.47. The number of hydrogen-bond acceptors (Lipinski definition) is 4. The van der Waals surface area contributed by atoms with Crippen molar-refractivity contribution < 1.29 is 14.7 Å². The highest BCUT2D eigenvalue weighted by Gasteiger charge is 2.53. The lowest BCUT2D eigenvalue weighted by atomic mass is 9.69. The van der Waals surface area contributed by atoms with Crippen LogP contribution < -0.4 is 0 Å². The monoisotopic (exact) mass is 495 g/mol. The molecule has 3 aliphatic rings. The van der Waals surface area contributed by atoms with E-state index in [-0.39, 0.29) is 28.3 Å². The zero-order valence-corrected chi connectivity index (χ0v) is 23.1. The van der Waals surface area contributed by atoms with E-state index in [2.05, 4.69) is 51.3 Å². The molecule has 1 aromatic rings. The second-order valence-corrected chi connectivity index (χ2v) is 13.5. The second kappa shape index (κ2) is 9.83. The molecule has 0 bridgehead atoms. The lowest BCUT2D eigenvalue weighted by Gasteiger charge is -2.47. The van der Waals surface area contributed by atoms with Gasteiger partial charge in [0, 0.05) is 13.1 Å². The number of amides is 1. The number of carbonyl (C=O) groups is 2. The van der Waals surface area contributed by atoms with E-state index in [0.717, 1.165) is 70.0 Å². The quantitative estimate of drug-likeness (QED) is 0.505. The Bertz CT molecular complexity index is 986. The van der Waals surface area contributed by atoms with Gasteiger partial charge in [0.25, 0.3) is 5.91 Å². The molecule has 1 amide bonds. The van der Waals surface area contributed by atoms with Gasteiger partial charge in [0.2, 0.25) is 0 Å². The fourth-order valence-electron chi connectivity index (χ4n) is 6.32. The van der Waals surface area contributed by atoms with Crippen molar-refractivity contribution in [1.29, 1.82) is 0 Å². The Hall–Kier alpha value is -2.37. The second-order valence-electron chi connectivity index (χ2n) is 13.5. The van der Waals surface area contributed by atoms with E-state index in [9.17, 15) is 14.7 Å². The van der Waals surface area contributed by atoms with Gasteiger partial charge in [-0.25, -0.2) is 9.79 Å². The van der Waals surface area contributed by atoms with Crippen molar-refractivity contribution in [2.24, 2.45) is 21.7 Å². The minimum atomic E-state index is -0.929. The summed E-state index contributed by atoms with van der Waals surface area (Å²) in [5.74, 6) is 0.410. The van der Waals surface area contributed by atoms with E-state index in [0.29, 0.717) is 11.8 Å². The summed E-state index contributed by atoms with van der Waals surface area (Å²) in [6.07, 6.45) is 7.90. The van der Waals surface area contributed by atoms with Gasteiger partial charge in [-0.1, -0.05) is 53.7 Å². The highest BCUT2D eigenvalue weighted by atomic mass is 16.4. The summed E-state index contributed by atoms with van der Waals surface area (Å²) in [6.45, 7) is 15.5. The first-order chi connectivity index (χ1) is 16.8. The SMILES string of the molecule is CC(C)(C)CC[C@H](c1ccc(C(=O)O)cc1)N1C(=O)C(N2CCCC2)=NC12CCC(C(C)(C)C)CC2. The van der Waals surface area contributed by atoms with Crippen LogP contribution in [0.4, 0.5) is 0 Å². The third-order valence-electron chi connectivity index (χ3n) is 8.61. The number of carbonyl (C=O) groups excluding carboxylic acids is 1. The highest BCUT2D eigenvalue weighted by Crippen LogP contribution is 2.50. The van der Waals surface area contributed by atoms with Gasteiger partial charge in [-0.3, -0.25) is 4.79 Å². The number of hydrogen-bond donors (Lipinski definition) is 1. The Balaban J connectivity index is 1.73. The molecule has 1 N–H and O–H groups in total. The molecular weight excluding hydrogens is 450 g/mol. The van der Waals surface area contributed by atoms with Crippen LogP contribution in [0, 0.1) is 16.7 Å². The van der Waals surface area contributed by atoms with Crippen LogP contribution in [0.15, 0.2) is 29.3 Å². The van der Waals surface area contributed by atoms with Crippen LogP contribution in [0.3, 0.4) is 0 Å². The van der Waals surface area contributed by atoms with E-state index in [1.807, 2.05) is 12.1 Å². The van der Waals surface area contributed by atoms with Crippen molar-refractivity contribution in [3.05, 3.63) is 35.4 Å². The number of likely N-dealkylation sites (tertiary alicyclic amines) is 1. The molecule has 6 heteroatoms. The first kappa shape index (κ1) is 26.7. The van der Waals surface area contributed by atoms with E-state index in [1.54, 1.807) is 12.1 Å². The van der Waals surface area contributed by atoms with Crippen LogP contribution in [0.25, 0.3) is 0 Å². The minimum absolute atomic E-state index is 0.0623. The fourth-order valence-corrected chi connectivity index (χ4v) is 6.32. The minimum Gasteiger partial charge on any atom is -0.478 e. The van der Waals surface area contributed by atoms with E-state index in [4.69, 9.17) is 4.99 Å². The number of carboxylic acid groups (broad SMARTS) is 1. The van der Waals surface area contributed by atoms with Crippen LogP contribution >= 0.6 is 0 Å².